The average Bonchev–Trinajstić information content (AvgIpc) is 3.21. The standard InChI is InChI=1S/C22H25N3O4/c1-14(2)18-7-5-6-8-19(18)28-15(3)22(26)23-13-20-24-21(25-29-20)16-9-11-17(27-4)12-10-16/h5-12,14-15H,13H2,1-4H3,(H,23,26)/t15-/m1/s1. The SMILES string of the molecule is COc1ccc(-c2noc(CNC(=O)[C@@H](C)Oc3ccccc3C(C)C)n2)cc1. The van der Waals surface area contributed by atoms with Gasteiger partial charge in [-0.1, -0.05) is 37.2 Å². The Morgan fingerprint density at radius 2 is 1.83 bits per heavy atom. The second-order valence-corrected chi connectivity index (χ2v) is 6.91. The van der Waals surface area contributed by atoms with Gasteiger partial charge >= 0.3 is 0 Å². The highest BCUT2D eigenvalue weighted by Crippen LogP contribution is 2.26. The Morgan fingerprint density at radius 1 is 1.10 bits per heavy atom. The van der Waals surface area contributed by atoms with Crippen molar-refractivity contribution in [2.75, 3.05) is 7.11 Å². The van der Waals surface area contributed by atoms with Crippen LogP contribution >= 0.6 is 0 Å². The van der Waals surface area contributed by atoms with E-state index in [1.54, 1.807) is 14.0 Å². The summed E-state index contributed by atoms with van der Waals surface area (Å²) in [6.07, 6.45) is -0.654. The highest BCUT2D eigenvalue weighted by atomic mass is 16.5. The molecule has 3 rings (SSSR count). The number of methoxy groups -OCH3 is 1. The summed E-state index contributed by atoms with van der Waals surface area (Å²) in [7, 11) is 1.61. The van der Waals surface area contributed by atoms with E-state index in [1.165, 1.54) is 0 Å². The predicted molar refractivity (Wildman–Crippen MR) is 109 cm³/mol. The molecule has 7 heteroatoms. The van der Waals surface area contributed by atoms with Crippen LogP contribution in [0.3, 0.4) is 0 Å². The third-order valence-electron chi connectivity index (χ3n) is 4.44. The lowest BCUT2D eigenvalue weighted by Gasteiger charge is -2.18. The van der Waals surface area contributed by atoms with Gasteiger partial charge < -0.3 is 19.3 Å². The van der Waals surface area contributed by atoms with Crippen LogP contribution in [0.15, 0.2) is 53.1 Å². The van der Waals surface area contributed by atoms with E-state index in [2.05, 4.69) is 29.3 Å². The molecule has 0 saturated heterocycles. The number of para-hydroxylation sites is 1. The fraction of sp³-hybridized carbons (Fsp3) is 0.318. The van der Waals surface area contributed by atoms with Gasteiger partial charge in [-0.25, -0.2) is 0 Å². The molecule has 3 aromatic rings. The monoisotopic (exact) mass is 395 g/mol. The minimum absolute atomic E-state index is 0.127. The van der Waals surface area contributed by atoms with E-state index in [0.717, 1.165) is 16.9 Å². The van der Waals surface area contributed by atoms with E-state index in [9.17, 15) is 4.79 Å². The first-order chi connectivity index (χ1) is 14.0. The number of carbonyl (C=O) groups excluding carboxylic acids is 1. The summed E-state index contributed by atoms with van der Waals surface area (Å²) in [6, 6.07) is 15.1. The zero-order valence-corrected chi connectivity index (χ0v) is 17.0. The van der Waals surface area contributed by atoms with Crippen molar-refractivity contribution in [3.8, 4) is 22.9 Å². The Labute approximate surface area is 170 Å². The van der Waals surface area contributed by atoms with Crippen LogP contribution in [0.2, 0.25) is 0 Å². The summed E-state index contributed by atoms with van der Waals surface area (Å²) in [5.41, 5.74) is 1.86. The van der Waals surface area contributed by atoms with Crippen molar-refractivity contribution in [2.45, 2.75) is 39.3 Å². The third-order valence-corrected chi connectivity index (χ3v) is 4.44. The van der Waals surface area contributed by atoms with E-state index < -0.39 is 6.10 Å². The molecule has 1 aromatic heterocycles. The van der Waals surface area contributed by atoms with Gasteiger partial charge in [-0.2, -0.15) is 4.98 Å². The molecule has 0 bridgehead atoms. The molecule has 7 nitrogen and oxygen atoms in total. The first-order valence-corrected chi connectivity index (χ1v) is 9.48. The third kappa shape index (κ3) is 5.13. The summed E-state index contributed by atoms with van der Waals surface area (Å²) in [6.45, 7) is 6.01. The maximum Gasteiger partial charge on any atom is 0.261 e. The van der Waals surface area contributed by atoms with Crippen LogP contribution in [-0.2, 0) is 11.3 Å². The summed E-state index contributed by atoms with van der Waals surface area (Å²) in [5.74, 6) is 2.28. The van der Waals surface area contributed by atoms with Gasteiger partial charge in [-0.3, -0.25) is 4.79 Å². The van der Waals surface area contributed by atoms with Crippen LogP contribution in [0.25, 0.3) is 11.4 Å². The lowest BCUT2D eigenvalue weighted by atomic mass is 10.0. The number of hydrogen-bond acceptors (Lipinski definition) is 6. The van der Waals surface area contributed by atoms with Crippen molar-refractivity contribution in [1.82, 2.24) is 15.5 Å². The Bertz CT molecular complexity index is 951. The molecule has 1 atom stereocenters. The zero-order valence-electron chi connectivity index (χ0n) is 17.0. The van der Waals surface area contributed by atoms with E-state index in [0.29, 0.717) is 23.4 Å². The molecule has 1 amide bonds. The first kappa shape index (κ1) is 20.4. The molecule has 0 radical (unpaired) electrons. The van der Waals surface area contributed by atoms with Gasteiger partial charge in [-0.15, -0.1) is 0 Å². The van der Waals surface area contributed by atoms with Gasteiger partial charge in [0, 0.05) is 5.56 Å². The number of nitrogens with zero attached hydrogens (tertiary/aromatic N) is 2. The van der Waals surface area contributed by atoms with Gasteiger partial charge in [0.05, 0.1) is 13.7 Å². The minimum atomic E-state index is -0.654. The minimum Gasteiger partial charge on any atom is -0.497 e. The number of amides is 1. The second kappa shape index (κ2) is 9.23. The predicted octanol–water partition coefficient (Wildman–Crippen LogP) is 3.95. The van der Waals surface area contributed by atoms with Crippen molar-refractivity contribution in [3.63, 3.8) is 0 Å². The lowest BCUT2D eigenvalue weighted by Crippen LogP contribution is -2.36. The molecule has 2 aromatic carbocycles. The highest BCUT2D eigenvalue weighted by Gasteiger charge is 2.18. The lowest BCUT2D eigenvalue weighted by molar-refractivity contribution is -0.127. The Hall–Kier alpha value is -3.35. The van der Waals surface area contributed by atoms with Gasteiger partial charge in [0.25, 0.3) is 5.91 Å². The maximum absolute atomic E-state index is 12.4. The summed E-state index contributed by atoms with van der Waals surface area (Å²) in [5, 5.41) is 6.72. The van der Waals surface area contributed by atoms with Gasteiger partial charge in [0.1, 0.15) is 11.5 Å². The number of aromatic nitrogens is 2. The van der Waals surface area contributed by atoms with Gasteiger partial charge in [0.2, 0.25) is 11.7 Å². The van der Waals surface area contributed by atoms with E-state index >= 15 is 0 Å². The van der Waals surface area contributed by atoms with Crippen molar-refractivity contribution in [3.05, 3.63) is 60.0 Å². The molecule has 29 heavy (non-hydrogen) atoms. The van der Waals surface area contributed by atoms with Crippen LogP contribution in [0.5, 0.6) is 11.5 Å². The van der Waals surface area contributed by atoms with Crippen molar-refractivity contribution in [2.24, 2.45) is 0 Å². The zero-order chi connectivity index (χ0) is 20.8. The summed E-state index contributed by atoms with van der Waals surface area (Å²) >= 11 is 0. The van der Waals surface area contributed by atoms with E-state index in [1.807, 2.05) is 48.5 Å². The van der Waals surface area contributed by atoms with Crippen LogP contribution in [-0.4, -0.2) is 29.3 Å². The second-order valence-electron chi connectivity index (χ2n) is 6.91. The van der Waals surface area contributed by atoms with Crippen molar-refractivity contribution in [1.29, 1.82) is 0 Å². The molecule has 152 valence electrons. The van der Waals surface area contributed by atoms with E-state index in [4.69, 9.17) is 14.0 Å². The first-order valence-electron chi connectivity index (χ1n) is 9.48. The van der Waals surface area contributed by atoms with Gasteiger partial charge in [0.15, 0.2) is 6.10 Å². The highest BCUT2D eigenvalue weighted by molar-refractivity contribution is 5.80. The molecule has 0 aliphatic carbocycles. The fourth-order valence-electron chi connectivity index (χ4n) is 2.80. The van der Waals surface area contributed by atoms with Gasteiger partial charge in [-0.05, 0) is 48.7 Å². The van der Waals surface area contributed by atoms with Crippen LogP contribution in [0, 0.1) is 0 Å². The number of benzene rings is 2. The molecular formula is C22H25N3O4. The number of rotatable bonds is 8. The topological polar surface area (TPSA) is 86.5 Å². The quantitative estimate of drug-likeness (QED) is 0.621. The average molecular weight is 395 g/mol. The summed E-state index contributed by atoms with van der Waals surface area (Å²) < 4.78 is 16.2. The Balaban J connectivity index is 1.57. The maximum atomic E-state index is 12.4. The molecule has 1 heterocycles. The molecule has 0 unspecified atom stereocenters. The number of carbonyl (C=O) groups is 1. The fourth-order valence-corrected chi connectivity index (χ4v) is 2.80. The van der Waals surface area contributed by atoms with Crippen molar-refractivity contribution >= 4 is 5.91 Å². The van der Waals surface area contributed by atoms with E-state index in [-0.39, 0.29) is 12.5 Å². The molecular weight excluding hydrogens is 370 g/mol. The smallest absolute Gasteiger partial charge is 0.261 e. The number of hydrogen-bond donors (Lipinski definition) is 1. The summed E-state index contributed by atoms with van der Waals surface area (Å²) in [4.78, 5) is 16.7. The Morgan fingerprint density at radius 3 is 2.52 bits per heavy atom. The van der Waals surface area contributed by atoms with Crippen LogP contribution in [0.1, 0.15) is 38.1 Å². The molecule has 0 fully saturated rings. The Kier molecular flexibility index (Phi) is 6.49. The molecule has 0 spiro atoms. The normalized spacial score (nSPS) is 11.9. The molecule has 0 aliphatic rings. The van der Waals surface area contributed by atoms with Crippen LogP contribution in [0.4, 0.5) is 0 Å². The largest absolute Gasteiger partial charge is 0.497 e. The van der Waals surface area contributed by atoms with Crippen molar-refractivity contribution < 1.29 is 18.8 Å². The molecule has 0 aliphatic heterocycles. The molecule has 1 N–H and O–H groups in total. The molecule has 0 saturated carbocycles. The van der Waals surface area contributed by atoms with Crippen LogP contribution < -0.4 is 14.8 Å². The number of nitrogens with one attached hydrogen (secondary N) is 1. The number of ether oxygens (including phenoxy) is 2.